The minimum absolute atomic E-state index is 0.138. The molecule has 1 aliphatic heterocycles. The Morgan fingerprint density at radius 3 is 2.64 bits per heavy atom. The van der Waals surface area contributed by atoms with Crippen molar-refractivity contribution in [2.24, 2.45) is 0 Å². The molecular weight excluding hydrogens is 352 g/mol. The second-order valence-electron chi connectivity index (χ2n) is 7.40. The molecule has 0 aliphatic carbocycles. The number of carbonyl (C=O) groups is 1. The van der Waals surface area contributed by atoms with E-state index in [0.717, 1.165) is 29.7 Å². The van der Waals surface area contributed by atoms with Crippen molar-refractivity contribution < 1.29 is 9.32 Å². The molecule has 4 rings (SSSR count). The molecular formula is C22H24N4O2. The topological polar surface area (TPSA) is 71.3 Å². The molecule has 1 fully saturated rings. The Balaban J connectivity index is 1.51. The van der Waals surface area contributed by atoms with Crippen molar-refractivity contribution >= 4 is 11.7 Å². The number of anilines is 1. The van der Waals surface area contributed by atoms with Crippen LogP contribution in [0, 0.1) is 20.8 Å². The van der Waals surface area contributed by atoms with Gasteiger partial charge in [0.1, 0.15) is 6.04 Å². The molecule has 1 N–H and O–H groups in total. The Hall–Kier alpha value is -3.15. The van der Waals surface area contributed by atoms with E-state index >= 15 is 0 Å². The van der Waals surface area contributed by atoms with Crippen molar-refractivity contribution in [3.8, 4) is 11.4 Å². The van der Waals surface area contributed by atoms with Gasteiger partial charge >= 0.3 is 6.03 Å². The fourth-order valence-electron chi connectivity index (χ4n) is 3.47. The number of likely N-dealkylation sites (tertiary alicyclic amines) is 1. The van der Waals surface area contributed by atoms with Crippen LogP contribution in [0.1, 0.15) is 41.5 Å². The van der Waals surface area contributed by atoms with Gasteiger partial charge in [0, 0.05) is 17.8 Å². The summed E-state index contributed by atoms with van der Waals surface area (Å²) in [6, 6.07) is 13.6. The van der Waals surface area contributed by atoms with E-state index in [1.807, 2.05) is 56.3 Å². The minimum atomic E-state index is -0.196. The van der Waals surface area contributed by atoms with Crippen LogP contribution in [0.15, 0.2) is 47.0 Å². The molecule has 28 heavy (non-hydrogen) atoms. The Labute approximate surface area is 164 Å². The second-order valence-corrected chi connectivity index (χ2v) is 7.40. The van der Waals surface area contributed by atoms with Crippen LogP contribution >= 0.6 is 0 Å². The third-order valence-corrected chi connectivity index (χ3v) is 5.31. The number of rotatable bonds is 3. The zero-order valence-electron chi connectivity index (χ0n) is 16.4. The zero-order valence-corrected chi connectivity index (χ0v) is 16.4. The largest absolute Gasteiger partial charge is 0.337 e. The first-order valence-corrected chi connectivity index (χ1v) is 9.57. The van der Waals surface area contributed by atoms with E-state index in [4.69, 9.17) is 4.52 Å². The molecule has 1 atom stereocenters. The van der Waals surface area contributed by atoms with Crippen LogP contribution in [0.3, 0.4) is 0 Å². The SMILES string of the molecule is Cc1ccc(-c2noc(C3CCCN3C(=O)Nc3ccc(C)c(C)c3)n2)cc1. The highest BCUT2D eigenvalue weighted by Gasteiger charge is 2.34. The Morgan fingerprint density at radius 2 is 1.89 bits per heavy atom. The van der Waals surface area contributed by atoms with E-state index in [9.17, 15) is 4.79 Å². The summed E-state index contributed by atoms with van der Waals surface area (Å²) in [5.74, 6) is 1.04. The smallest absolute Gasteiger partial charge is 0.322 e. The van der Waals surface area contributed by atoms with Crippen molar-refractivity contribution in [1.29, 1.82) is 0 Å². The van der Waals surface area contributed by atoms with E-state index in [1.165, 1.54) is 11.1 Å². The van der Waals surface area contributed by atoms with Gasteiger partial charge in [0.15, 0.2) is 0 Å². The predicted molar refractivity (Wildman–Crippen MR) is 108 cm³/mol. The number of benzene rings is 2. The predicted octanol–water partition coefficient (Wildman–Crippen LogP) is 5.03. The molecule has 0 bridgehead atoms. The van der Waals surface area contributed by atoms with E-state index in [1.54, 1.807) is 4.90 Å². The van der Waals surface area contributed by atoms with Crippen molar-refractivity contribution in [3.63, 3.8) is 0 Å². The van der Waals surface area contributed by atoms with Crippen molar-refractivity contribution in [3.05, 3.63) is 65.0 Å². The number of hydrogen-bond donors (Lipinski definition) is 1. The lowest BCUT2D eigenvalue weighted by molar-refractivity contribution is 0.193. The fraction of sp³-hybridized carbons (Fsp3) is 0.318. The number of urea groups is 1. The van der Waals surface area contributed by atoms with Gasteiger partial charge in [0.2, 0.25) is 11.7 Å². The van der Waals surface area contributed by atoms with E-state index in [-0.39, 0.29) is 12.1 Å². The van der Waals surface area contributed by atoms with Crippen LogP contribution in [0.4, 0.5) is 10.5 Å². The first kappa shape index (κ1) is 18.2. The van der Waals surface area contributed by atoms with Crippen LogP contribution in [-0.4, -0.2) is 27.6 Å². The minimum Gasteiger partial charge on any atom is -0.337 e. The normalized spacial score (nSPS) is 16.4. The lowest BCUT2D eigenvalue weighted by atomic mass is 10.1. The molecule has 1 saturated heterocycles. The summed E-state index contributed by atoms with van der Waals surface area (Å²) in [6.45, 7) is 6.80. The average molecular weight is 376 g/mol. The second kappa shape index (κ2) is 7.46. The number of aryl methyl sites for hydroxylation is 3. The number of amides is 2. The maximum Gasteiger partial charge on any atom is 0.322 e. The van der Waals surface area contributed by atoms with Crippen LogP contribution in [0.5, 0.6) is 0 Å². The number of nitrogens with one attached hydrogen (secondary N) is 1. The quantitative estimate of drug-likeness (QED) is 0.696. The number of aromatic nitrogens is 2. The molecule has 2 heterocycles. The Morgan fingerprint density at radius 1 is 1.11 bits per heavy atom. The van der Waals surface area contributed by atoms with Gasteiger partial charge in [-0.05, 0) is 56.9 Å². The molecule has 144 valence electrons. The summed E-state index contributed by atoms with van der Waals surface area (Å²) in [6.07, 6.45) is 1.73. The Kier molecular flexibility index (Phi) is 4.86. The summed E-state index contributed by atoms with van der Waals surface area (Å²) in [7, 11) is 0. The molecule has 1 aliphatic rings. The lowest BCUT2D eigenvalue weighted by Crippen LogP contribution is -2.34. The highest BCUT2D eigenvalue weighted by Crippen LogP contribution is 2.32. The maximum absolute atomic E-state index is 12.8. The van der Waals surface area contributed by atoms with Crippen LogP contribution < -0.4 is 5.32 Å². The molecule has 1 unspecified atom stereocenters. The standard InChI is InChI=1S/C22H24N4O2/c1-14-6-9-17(10-7-14)20-24-21(28-25-20)19-5-4-12-26(19)22(27)23-18-11-8-15(2)16(3)13-18/h6-11,13,19H,4-5,12H2,1-3H3,(H,23,27). The molecule has 2 amide bonds. The van der Waals surface area contributed by atoms with E-state index in [2.05, 4.69) is 22.4 Å². The molecule has 3 aromatic rings. The first-order valence-electron chi connectivity index (χ1n) is 9.57. The van der Waals surface area contributed by atoms with Gasteiger partial charge in [-0.1, -0.05) is 41.1 Å². The van der Waals surface area contributed by atoms with Crippen LogP contribution in [-0.2, 0) is 0 Å². The summed E-state index contributed by atoms with van der Waals surface area (Å²) < 4.78 is 5.52. The zero-order chi connectivity index (χ0) is 19.7. The number of carbonyl (C=O) groups excluding carboxylic acids is 1. The molecule has 0 saturated carbocycles. The molecule has 1 aromatic heterocycles. The van der Waals surface area contributed by atoms with Gasteiger partial charge in [-0.25, -0.2) is 4.79 Å². The monoisotopic (exact) mass is 376 g/mol. The van der Waals surface area contributed by atoms with Crippen molar-refractivity contribution in [1.82, 2.24) is 15.0 Å². The summed E-state index contributed by atoms with van der Waals surface area (Å²) in [4.78, 5) is 19.2. The number of hydrogen-bond acceptors (Lipinski definition) is 4. The first-order chi connectivity index (χ1) is 13.5. The molecule has 2 aromatic carbocycles. The van der Waals surface area contributed by atoms with E-state index in [0.29, 0.717) is 18.3 Å². The maximum atomic E-state index is 12.8. The Bertz CT molecular complexity index is 994. The van der Waals surface area contributed by atoms with Gasteiger partial charge in [0.25, 0.3) is 0 Å². The average Bonchev–Trinajstić information content (AvgIpc) is 3.34. The molecule has 6 heteroatoms. The molecule has 6 nitrogen and oxygen atoms in total. The molecule has 0 radical (unpaired) electrons. The highest BCUT2D eigenvalue weighted by molar-refractivity contribution is 5.89. The molecule has 0 spiro atoms. The number of nitrogens with zero attached hydrogens (tertiary/aromatic N) is 3. The van der Waals surface area contributed by atoms with Gasteiger partial charge in [-0.2, -0.15) is 4.98 Å². The van der Waals surface area contributed by atoms with Gasteiger partial charge in [0.05, 0.1) is 0 Å². The van der Waals surface area contributed by atoms with E-state index < -0.39 is 0 Å². The van der Waals surface area contributed by atoms with Crippen LogP contribution in [0.2, 0.25) is 0 Å². The van der Waals surface area contributed by atoms with Crippen LogP contribution in [0.25, 0.3) is 11.4 Å². The highest BCUT2D eigenvalue weighted by atomic mass is 16.5. The fourth-order valence-corrected chi connectivity index (χ4v) is 3.47. The third-order valence-electron chi connectivity index (χ3n) is 5.31. The van der Waals surface area contributed by atoms with Crippen molar-refractivity contribution in [2.75, 3.05) is 11.9 Å². The summed E-state index contributed by atoms with van der Waals surface area (Å²) in [5.41, 5.74) is 5.23. The van der Waals surface area contributed by atoms with Gasteiger partial charge < -0.3 is 14.7 Å². The summed E-state index contributed by atoms with van der Waals surface area (Å²) in [5, 5.41) is 7.11. The lowest BCUT2D eigenvalue weighted by Gasteiger charge is -2.22. The third kappa shape index (κ3) is 3.63. The van der Waals surface area contributed by atoms with Crippen molar-refractivity contribution in [2.45, 2.75) is 39.7 Å². The summed E-state index contributed by atoms with van der Waals surface area (Å²) >= 11 is 0. The van der Waals surface area contributed by atoms with Gasteiger partial charge in [-0.15, -0.1) is 0 Å². The van der Waals surface area contributed by atoms with Gasteiger partial charge in [-0.3, -0.25) is 0 Å².